The van der Waals surface area contributed by atoms with Crippen LogP contribution in [0.3, 0.4) is 0 Å². The Balaban J connectivity index is 1.55. The first kappa shape index (κ1) is 5.74. The van der Waals surface area contributed by atoms with E-state index < -0.39 is 5.79 Å². The Morgan fingerprint density at radius 2 is 2.67 bits per heavy atom. The predicted molar refractivity (Wildman–Crippen MR) is 35.7 cm³/mol. The fraction of sp³-hybridized carbons (Fsp3) is 0.833. The van der Waals surface area contributed by atoms with Gasteiger partial charge >= 0.3 is 5.79 Å². The third-order valence-corrected chi connectivity index (χ3v) is 2.43. The van der Waals surface area contributed by atoms with Crippen LogP contribution in [0.2, 0.25) is 0 Å². The van der Waals surface area contributed by atoms with Crippen molar-refractivity contribution in [3.8, 4) is 0 Å². The van der Waals surface area contributed by atoms with Gasteiger partial charge in [0.1, 0.15) is 0 Å². The van der Waals surface area contributed by atoms with E-state index in [1.165, 1.54) is 0 Å². The van der Waals surface area contributed by atoms with Crippen LogP contribution in [0.1, 0.15) is 0 Å². The molecule has 4 heterocycles. The number of ether oxygens (including phenoxy) is 3. The van der Waals surface area contributed by atoms with Crippen molar-refractivity contribution in [1.29, 1.82) is 0 Å². The van der Waals surface area contributed by atoms with E-state index in [0.29, 0.717) is 12.0 Å². The molecule has 64 valence electrons. The molecule has 1 spiro atoms. The van der Waals surface area contributed by atoms with Crippen LogP contribution in [0, 0.1) is 0 Å². The van der Waals surface area contributed by atoms with Crippen molar-refractivity contribution >= 4 is 5.90 Å². The van der Waals surface area contributed by atoms with Crippen molar-refractivity contribution in [1.82, 2.24) is 10.5 Å². The van der Waals surface area contributed by atoms with E-state index in [1.54, 1.807) is 0 Å². The fourth-order valence-corrected chi connectivity index (χ4v) is 1.54. The first-order valence-electron chi connectivity index (χ1n) is 3.97. The second-order valence-corrected chi connectivity index (χ2v) is 3.36. The summed E-state index contributed by atoms with van der Waals surface area (Å²) in [5.74, 6) is 0.237. The molecule has 0 aromatic heterocycles. The molecule has 0 aliphatic carbocycles. The molecule has 3 fully saturated rings. The Kier molecular flexibility index (Phi) is 0.697. The second-order valence-electron chi connectivity index (χ2n) is 3.36. The minimum absolute atomic E-state index is 0.0224. The molecule has 1 N–H and O–H groups in total. The largest absolute Gasteiger partial charge is 0.429 e. The number of rotatable bonds is 2. The summed E-state index contributed by atoms with van der Waals surface area (Å²) < 4.78 is 15.6. The molecule has 4 aliphatic rings. The van der Waals surface area contributed by atoms with Crippen molar-refractivity contribution in [3.63, 3.8) is 0 Å². The number of hydrazine groups is 1. The van der Waals surface area contributed by atoms with E-state index in [9.17, 15) is 0 Å². The van der Waals surface area contributed by atoms with E-state index in [1.807, 2.05) is 5.01 Å². The zero-order chi connectivity index (χ0) is 7.76. The lowest BCUT2D eigenvalue weighted by Gasteiger charge is -2.16. The quantitative estimate of drug-likeness (QED) is 0.515. The highest BCUT2D eigenvalue weighted by Gasteiger charge is 2.82. The van der Waals surface area contributed by atoms with Crippen LogP contribution < -0.4 is 5.53 Å². The topological polar surface area (TPSA) is 65.2 Å². The number of nitrogens with zero attached hydrogens (tertiary/aromatic N) is 2. The Hall–Kier alpha value is -0.850. The van der Waals surface area contributed by atoms with Gasteiger partial charge in [-0.05, 0) is 0 Å². The number of hydrogen-bond donors (Lipinski definition) is 1. The van der Waals surface area contributed by atoms with Crippen LogP contribution in [0.25, 0.3) is 0 Å². The summed E-state index contributed by atoms with van der Waals surface area (Å²) in [5, 5.41) is 5.88. The lowest BCUT2D eigenvalue weighted by molar-refractivity contribution is 0.105. The van der Waals surface area contributed by atoms with Gasteiger partial charge in [-0.25, -0.2) is 5.53 Å². The molecular formula is C6H7N3O3. The predicted octanol–water partition coefficient (Wildman–Crippen LogP) is -1.40. The van der Waals surface area contributed by atoms with Gasteiger partial charge < -0.3 is 14.2 Å². The van der Waals surface area contributed by atoms with Gasteiger partial charge in [0.2, 0.25) is 6.23 Å². The summed E-state index contributed by atoms with van der Waals surface area (Å²) in [4.78, 5) is 0. The Bertz CT molecular complexity index is 290. The SMILES string of the molecule is C1OC1CN1NN=C2OC23OC13. The van der Waals surface area contributed by atoms with E-state index in [0.717, 1.165) is 13.2 Å². The van der Waals surface area contributed by atoms with Gasteiger partial charge in [-0.1, -0.05) is 0 Å². The molecule has 6 nitrogen and oxygen atoms in total. The average Bonchev–Trinajstić information content (AvgIpc) is 2.87. The maximum atomic E-state index is 5.34. The van der Waals surface area contributed by atoms with Gasteiger partial charge in [0.05, 0.1) is 19.3 Å². The van der Waals surface area contributed by atoms with Crippen LogP contribution in [-0.2, 0) is 14.2 Å². The first-order chi connectivity index (χ1) is 5.88. The molecule has 0 radical (unpaired) electrons. The number of epoxide rings is 3. The smallest absolute Gasteiger partial charge is 0.335 e. The molecular weight excluding hydrogens is 162 g/mol. The van der Waals surface area contributed by atoms with Crippen LogP contribution in [0.15, 0.2) is 5.10 Å². The Morgan fingerprint density at radius 3 is 3.50 bits per heavy atom. The van der Waals surface area contributed by atoms with Crippen molar-refractivity contribution < 1.29 is 14.2 Å². The van der Waals surface area contributed by atoms with Gasteiger partial charge in [0.25, 0.3) is 5.90 Å². The van der Waals surface area contributed by atoms with E-state index in [4.69, 9.17) is 14.2 Å². The highest BCUT2D eigenvalue weighted by Crippen LogP contribution is 2.54. The molecule has 3 saturated heterocycles. The van der Waals surface area contributed by atoms with E-state index >= 15 is 0 Å². The van der Waals surface area contributed by atoms with E-state index in [-0.39, 0.29) is 6.23 Å². The molecule has 3 unspecified atom stereocenters. The van der Waals surface area contributed by atoms with Gasteiger partial charge in [0, 0.05) is 0 Å². The maximum absolute atomic E-state index is 5.34. The lowest BCUT2D eigenvalue weighted by Crippen LogP contribution is -2.43. The third kappa shape index (κ3) is 0.553. The normalized spacial score (nSPS) is 52.5. The van der Waals surface area contributed by atoms with Crippen LogP contribution in [0.4, 0.5) is 0 Å². The molecule has 0 saturated carbocycles. The van der Waals surface area contributed by atoms with Crippen LogP contribution in [-0.4, -0.2) is 42.2 Å². The highest BCUT2D eigenvalue weighted by atomic mass is 16.9. The molecule has 0 aromatic carbocycles. The molecule has 0 amide bonds. The van der Waals surface area contributed by atoms with Gasteiger partial charge in [-0.3, -0.25) is 0 Å². The molecule has 4 rings (SSSR count). The average molecular weight is 169 g/mol. The Labute approximate surface area is 68.0 Å². The molecule has 0 aromatic rings. The molecule has 0 bridgehead atoms. The van der Waals surface area contributed by atoms with Crippen molar-refractivity contribution in [3.05, 3.63) is 0 Å². The summed E-state index contributed by atoms with van der Waals surface area (Å²) in [6.07, 6.45) is 0.364. The monoisotopic (exact) mass is 169 g/mol. The van der Waals surface area contributed by atoms with Crippen LogP contribution >= 0.6 is 0 Å². The molecule has 4 aliphatic heterocycles. The number of hydrogen-bond acceptors (Lipinski definition) is 6. The summed E-state index contributed by atoms with van der Waals surface area (Å²) in [6.45, 7) is 1.65. The zero-order valence-corrected chi connectivity index (χ0v) is 6.19. The maximum Gasteiger partial charge on any atom is 0.335 e. The highest BCUT2D eigenvalue weighted by molar-refractivity contribution is 5.99. The van der Waals surface area contributed by atoms with Gasteiger partial charge in [-0.2, -0.15) is 5.01 Å². The van der Waals surface area contributed by atoms with Crippen molar-refractivity contribution in [2.24, 2.45) is 5.10 Å². The van der Waals surface area contributed by atoms with Crippen molar-refractivity contribution in [2.45, 2.75) is 18.1 Å². The third-order valence-electron chi connectivity index (χ3n) is 2.43. The summed E-state index contributed by atoms with van der Waals surface area (Å²) in [7, 11) is 0. The van der Waals surface area contributed by atoms with Gasteiger partial charge in [-0.15, -0.1) is 5.10 Å². The van der Waals surface area contributed by atoms with Crippen LogP contribution in [0.5, 0.6) is 0 Å². The standard InChI is InChI=1S/C6H7N3O3/c1(3-2-10-3)9-5-6(12-5)4(11-6)7-8-9/h3,5,8H,1-2H2. The molecule has 3 atom stereocenters. The number of nitrogens with one attached hydrogen (secondary N) is 1. The number of hydrazone groups is 1. The summed E-state index contributed by atoms with van der Waals surface area (Å²) in [5.41, 5.74) is 2.86. The summed E-state index contributed by atoms with van der Waals surface area (Å²) >= 11 is 0. The van der Waals surface area contributed by atoms with Crippen molar-refractivity contribution in [2.75, 3.05) is 13.2 Å². The minimum Gasteiger partial charge on any atom is -0.429 e. The Morgan fingerprint density at radius 1 is 1.75 bits per heavy atom. The van der Waals surface area contributed by atoms with Gasteiger partial charge in [0.15, 0.2) is 0 Å². The molecule has 12 heavy (non-hydrogen) atoms. The first-order valence-corrected chi connectivity index (χ1v) is 3.97. The molecule has 6 heteroatoms. The minimum atomic E-state index is -0.444. The zero-order valence-electron chi connectivity index (χ0n) is 6.19. The lowest BCUT2D eigenvalue weighted by atomic mass is 10.4. The van der Waals surface area contributed by atoms with E-state index in [2.05, 4.69) is 10.6 Å². The fourth-order valence-electron chi connectivity index (χ4n) is 1.54. The second kappa shape index (κ2) is 1.46. The summed E-state index contributed by atoms with van der Waals surface area (Å²) in [6, 6.07) is 0.